The molecule has 2 aliphatic carbocycles. The summed E-state index contributed by atoms with van der Waals surface area (Å²) in [5.41, 5.74) is 1.37. The Labute approximate surface area is 145 Å². The van der Waals surface area contributed by atoms with Gasteiger partial charge in [0, 0.05) is 38.8 Å². The van der Waals surface area contributed by atoms with Gasteiger partial charge in [-0.15, -0.1) is 0 Å². The van der Waals surface area contributed by atoms with Crippen LogP contribution < -0.4 is 5.32 Å². The lowest BCUT2D eigenvalue weighted by Gasteiger charge is -2.34. The predicted octanol–water partition coefficient (Wildman–Crippen LogP) is 2.11. The first-order valence-corrected chi connectivity index (χ1v) is 9.54. The van der Waals surface area contributed by atoms with Crippen LogP contribution in [0.4, 0.5) is 0 Å². The highest BCUT2D eigenvalue weighted by molar-refractivity contribution is 5.78. The molecule has 1 aromatic carbocycles. The van der Waals surface area contributed by atoms with Crippen molar-refractivity contribution in [2.24, 2.45) is 11.8 Å². The Hall–Kier alpha value is -1.39. The van der Waals surface area contributed by atoms with E-state index in [0.29, 0.717) is 12.6 Å². The number of nitrogens with one attached hydrogen (secondary N) is 1. The van der Waals surface area contributed by atoms with Gasteiger partial charge in [-0.05, 0) is 36.7 Å². The van der Waals surface area contributed by atoms with Crippen LogP contribution in [0.1, 0.15) is 31.2 Å². The Kier molecular flexibility index (Phi) is 4.86. The van der Waals surface area contributed by atoms with Gasteiger partial charge in [0.2, 0.25) is 5.91 Å². The average Bonchev–Trinajstić information content (AvgIpc) is 3.20. The zero-order valence-electron chi connectivity index (χ0n) is 14.5. The van der Waals surface area contributed by atoms with Crippen LogP contribution in [0.2, 0.25) is 0 Å². The van der Waals surface area contributed by atoms with Gasteiger partial charge in [0.05, 0.1) is 6.54 Å². The summed E-state index contributed by atoms with van der Waals surface area (Å²) in [5.74, 6) is 1.90. The Balaban J connectivity index is 1.18. The second kappa shape index (κ2) is 7.24. The molecule has 0 radical (unpaired) electrons. The van der Waals surface area contributed by atoms with Gasteiger partial charge < -0.3 is 5.32 Å². The van der Waals surface area contributed by atoms with E-state index in [4.69, 9.17) is 0 Å². The van der Waals surface area contributed by atoms with Gasteiger partial charge >= 0.3 is 0 Å². The van der Waals surface area contributed by atoms with Crippen molar-refractivity contribution in [3.05, 3.63) is 35.9 Å². The minimum Gasteiger partial charge on any atom is -0.352 e. The first kappa shape index (κ1) is 16.1. The van der Waals surface area contributed by atoms with Gasteiger partial charge in [0.15, 0.2) is 0 Å². The van der Waals surface area contributed by atoms with E-state index in [0.717, 1.165) is 44.6 Å². The molecule has 1 saturated heterocycles. The Morgan fingerprint density at radius 3 is 2.42 bits per heavy atom. The summed E-state index contributed by atoms with van der Waals surface area (Å²) in [7, 11) is 0. The lowest BCUT2D eigenvalue weighted by Crippen LogP contribution is -2.50. The van der Waals surface area contributed by atoms with E-state index in [-0.39, 0.29) is 5.91 Å². The summed E-state index contributed by atoms with van der Waals surface area (Å²) in [6.45, 7) is 5.69. The fourth-order valence-electron chi connectivity index (χ4n) is 4.82. The molecule has 2 saturated carbocycles. The number of amides is 1. The number of hydrogen-bond donors (Lipinski definition) is 1. The maximum absolute atomic E-state index is 12.3. The van der Waals surface area contributed by atoms with E-state index in [9.17, 15) is 4.79 Å². The van der Waals surface area contributed by atoms with Gasteiger partial charge in [-0.3, -0.25) is 14.6 Å². The van der Waals surface area contributed by atoms with Crippen molar-refractivity contribution in [2.75, 3.05) is 32.7 Å². The molecular formula is C20H29N3O. The average molecular weight is 327 g/mol. The third-order valence-electron chi connectivity index (χ3n) is 6.17. The molecule has 4 rings (SSSR count). The second-order valence-corrected chi connectivity index (χ2v) is 7.89. The number of hydrogen-bond acceptors (Lipinski definition) is 3. The summed E-state index contributed by atoms with van der Waals surface area (Å²) in [6.07, 6.45) is 5.29. The van der Waals surface area contributed by atoms with Crippen LogP contribution >= 0.6 is 0 Å². The third kappa shape index (κ3) is 3.81. The van der Waals surface area contributed by atoms with Crippen LogP contribution in [0.5, 0.6) is 0 Å². The molecule has 130 valence electrons. The van der Waals surface area contributed by atoms with Crippen molar-refractivity contribution in [1.82, 2.24) is 15.1 Å². The maximum Gasteiger partial charge on any atom is 0.234 e. The number of piperazine rings is 1. The van der Waals surface area contributed by atoms with Crippen LogP contribution in [0.25, 0.3) is 0 Å². The molecule has 3 atom stereocenters. The van der Waals surface area contributed by atoms with Crippen molar-refractivity contribution in [2.45, 2.75) is 38.3 Å². The van der Waals surface area contributed by atoms with Crippen LogP contribution in [-0.2, 0) is 11.3 Å². The molecule has 1 aromatic rings. The molecule has 1 heterocycles. The van der Waals surface area contributed by atoms with E-state index in [2.05, 4.69) is 45.4 Å². The molecule has 1 N–H and O–H groups in total. The van der Waals surface area contributed by atoms with E-state index < -0.39 is 0 Å². The lowest BCUT2D eigenvalue weighted by molar-refractivity contribution is -0.123. The van der Waals surface area contributed by atoms with Crippen LogP contribution in [0.3, 0.4) is 0 Å². The summed E-state index contributed by atoms with van der Waals surface area (Å²) in [4.78, 5) is 17.1. The summed E-state index contributed by atoms with van der Waals surface area (Å²) < 4.78 is 0. The van der Waals surface area contributed by atoms with Gasteiger partial charge in [0.1, 0.15) is 0 Å². The molecule has 0 spiro atoms. The first-order chi connectivity index (χ1) is 11.8. The van der Waals surface area contributed by atoms with E-state index >= 15 is 0 Å². The van der Waals surface area contributed by atoms with Gasteiger partial charge in [-0.25, -0.2) is 0 Å². The Morgan fingerprint density at radius 1 is 1.00 bits per heavy atom. The Morgan fingerprint density at radius 2 is 1.75 bits per heavy atom. The van der Waals surface area contributed by atoms with Crippen LogP contribution in [-0.4, -0.2) is 54.5 Å². The van der Waals surface area contributed by atoms with Gasteiger partial charge in [0.25, 0.3) is 0 Å². The normalized spacial score (nSPS) is 30.6. The third-order valence-corrected chi connectivity index (χ3v) is 6.17. The maximum atomic E-state index is 12.3. The topological polar surface area (TPSA) is 35.6 Å². The quantitative estimate of drug-likeness (QED) is 0.900. The summed E-state index contributed by atoms with van der Waals surface area (Å²) in [5, 5.41) is 3.31. The number of carbonyl (C=O) groups is 1. The first-order valence-electron chi connectivity index (χ1n) is 9.54. The largest absolute Gasteiger partial charge is 0.352 e. The molecule has 4 heteroatoms. The number of nitrogens with zero attached hydrogens (tertiary/aromatic N) is 2. The van der Waals surface area contributed by atoms with E-state index in [1.807, 2.05) is 0 Å². The zero-order valence-corrected chi connectivity index (χ0v) is 14.5. The molecule has 2 bridgehead atoms. The SMILES string of the molecule is O=C(CN1CCN(Cc2ccccc2)CC1)NC1CC2CCC1C2. The fraction of sp³-hybridized carbons (Fsp3) is 0.650. The van der Waals surface area contributed by atoms with Crippen molar-refractivity contribution in [3.63, 3.8) is 0 Å². The van der Waals surface area contributed by atoms with E-state index in [1.165, 1.54) is 31.2 Å². The van der Waals surface area contributed by atoms with Crippen molar-refractivity contribution < 1.29 is 4.79 Å². The molecule has 4 nitrogen and oxygen atoms in total. The smallest absolute Gasteiger partial charge is 0.234 e. The van der Waals surface area contributed by atoms with Crippen molar-refractivity contribution >= 4 is 5.91 Å². The number of fused-ring (bicyclic) bond motifs is 2. The minimum absolute atomic E-state index is 0.240. The van der Waals surface area contributed by atoms with Gasteiger partial charge in [-0.2, -0.15) is 0 Å². The molecule has 24 heavy (non-hydrogen) atoms. The van der Waals surface area contributed by atoms with Crippen LogP contribution in [0, 0.1) is 11.8 Å². The molecule has 1 amide bonds. The number of carbonyl (C=O) groups excluding carboxylic acids is 1. The highest BCUT2D eigenvalue weighted by Gasteiger charge is 2.40. The van der Waals surface area contributed by atoms with E-state index in [1.54, 1.807) is 0 Å². The molecule has 3 aliphatic rings. The molecular weight excluding hydrogens is 298 g/mol. The highest BCUT2D eigenvalue weighted by atomic mass is 16.2. The molecule has 0 aromatic heterocycles. The number of rotatable bonds is 5. The summed E-state index contributed by atoms with van der Waals surface area (Å²) in [6, 6.07) is 11.1. The minimum atomic E-state index is 0.240. The fourth-order valence-corrected chi connectivity index (χ4v) is 4.82. The predicted molar refractivity (Wildman–Crippen MR) is 95.5 cm³/mol. The monoisotopic (exact) mass is 327 g/mol. The molecule has 3 unspecified atom stereocenters. The van der Waals surface area contributed by atoms with Crippen LogP contribution in [0.15, 0.2) is 30.3 Å². The summed E-state index contributed by atoms with van der Waals surface area (Å²) >= 11 is 0. The molecule has 3 fully saturated rings. The zero-order chi connectivity index (χ0) is 16.4. The molecule has 1 aliphatic heterocycles. The highest BCUT2D eigenvalue weighted by Crippen LogP contribution is 2.44. The lowest BCUT2D eigenvalue weighted by atomic mass is 9.95. The standard InChI is InChI=1S/C20H29N3O/c24-20(21-19-13-17-6-7-18(19)12-17)15-23-10-8-22(9-11-23)14-16-4-2-1-3-5-16/h1-5,17-19H,6-15H2,(H,21,24). The second-order valence-electron chi connectivity index (χ2n) is 7.89. The van der Waals surface area contributed by atoms with Crippen molar-refractivity contribution in [1.29, 1.82) is 0 Å². The van der Waals surface area contributed by atoms with Crippen molar-refractivity contribution in [3.8, 4) is 0 Å². The number of benzene rings is 1. The van der Waals surface area contributed by atoms with Gasteiger partial charge in [-0.1, -0.05) is 36.8 Å². The Bertz CT molecular complexity index is 553.